The summed E-state index contributed by atoms with van der Waals surface area (Å²) in [6.07, 6.45) is 0. The SMILES string of the molecule is O=C(NCC(F)(F)c1ccccc1)c1cc(NC(=O)C2C(c3cc(Cl)cc(Cl)c3)C2(Cl)Cl)cc(F)c1Cl. The van der Waals surface area contributed by atoms with Crippen molar-refractivity contribution < 1.29 is 22.8 Å². The van der Waals surface area contributed by atoms with Gasteiger partial charge in [0.1, 0.15) is 10.2 Å². The second kappa shape index (κ2) is 10.5. The summed E-state index contributed by atoms with van der Waals surface area (Å²) in [5.41, 5.74) is -0.368. The highest BCUT2D eigenvalue weighted by molar-refractivity contribution is 6.53. The number of anilines is 1. The zero-order valence-corrected chi connectivity index (χ0v) is 22.3. The summed E-state index contributed by atoms with van der Waals surface area (Å²) in [5, 5.41) is 4.56. The van der Waals surface area contributed by atoms with E-state index in [1.807, 2.05) is 0 Å². The summed E-state index contributed by atoms with van der Waals surface area (Å²) in [6.45, 7) is -1.06. The summed E-state index contributed by atoms with van der Waals surface area (Å²) in [4.78, 5) is 25.5. The van der Waals surface area contributed by atoms with Crippen molar-refractivity contribution in [1.29, 1.82) is 0 Å². The van der Waals surface area contributed by atoms with Crippen LogP contribution >= 0.6 is 58.0 Å². The Hall–Kier alpha value is -2.16. The van der Waals surface area contributed by atoms with Gasteiger partial charge in [0.15, 0.2) is 0 Å². The van der Waals surface area contributed by atoms with E-state index in [9.17, 15) is 22.8 Å². The average molecular weight is 611 g/mol. The molecule has 0 bridgehead atoms. The number of halogens is 8. The van der Waals surface area contributed by atoms with E-state index in [4.69, 9.17) is 58.0 Å². The minimum absolute atomic E-state index is 0.147. The van der Waals surface area contributed by atoms with Gasteiger partial charge in [0.25, 0.3) is 11.8 Å². The van der Waals surface area contributed by atoms with Crippen molar-refractivity contribution in [1.82, 2.24) is 5.32 Å². The molecule has 2 N–H and O–H groups in total. The predicted octanol–water partition coefficient (Wildman–Crippen LogP) is 7.83. The van der Waals surface area contributed by atoms with E-state index >= 15 is 0 Å². The van der Waals surface area contributed by atoms with E-state index in [1.54, 1.807) is 18.2 Å². The summed E-state index contributed by atoms with van der Waals surface area (Å²) in [7, 11) is 0. The van der Waals surface area contributed by atoms with Gasteiger partial charge >= 0.3 is 0 Å². The third kappa shape index (κ3) is 5.96. The highest BCUT2D eigenvalue weighted by atomic mass is 35.5. The number of amides is 2. The molecule has 3 aromatic carbocycles. The molecule has 0 aromatic heterocycles. The van der Waals surface area contributed by atoms with Crippen LogP contribution in [0, 0.1) is 11.7 Å². The van der Waals surface area contributed by atoms with Crippen LogP contribution in [0.15, 0.2) is 60.7 Å². The van der Waals surface area contributed by atoms with Crippen molar-refractivity contribution >= 4 is 75.5 Å². The number of rotatable bonds is 7. The van der Waals surface area contributed by atoms with Crippen LogP contribution in [-0.4, -0.2) is 22.7 Å². The first-order valence-corrected chi connectivity index (χ1v) is 12.6. The van der Waals surface area contributed by atoms with Crippen LogP contribution in [0.5, 0.6) is 0 Å². The molecule has 0 heterocycles. The van der Waals surface area contributed by atoms with Crippen molar-refractivity contribution in [2.24, 2.45) is 5.92 Å². The molecule has 1 aliphatic carbocycles. The maximum atomic E-state index is 14.5. The van der Waals surface area contributed by atoms with Crippen molar-refractivity contribution in [2.75, 3.05) is 11.9 Å². The van der Waals surface area contributed by atoms with Gasteiger partial charge in [0, 0.05) is 27.2 Å². The zero-order valence-electron chi connectivity index (χ0n) is 18.5. The van der Waals surface area contributed by atoms with Crippen molar-refractivity contribution in [2.45, 2.75) is 16.2 Å². The summed E-state index contributed by atoms with van der Waals surface area (Å²) < 4.78 is 41.9. The standard InChI is InChI=1S/C25H16Cl5F3N2O2/c26-14-6-12(7-15(27)8-14)19-20(25(19,29)30)23(37)35-16-9-17(21(28)18(31)10-16)22(36)34-11-24(32,33)13-4-2-1-3-5-13/h1-10,19-20H,11H2,(H,34,36)(H,35,37). The van der Waals surface area contributed by atoms with Crippen LogP contribution < -0.4 is 10.6 Å². The van der Waals surface area contributed by atoms with Crippen LogP contribution in [0.3, 0.4) is 0 Å². The number of carbonyl (C=O) groups excluding carboxylic acids is 2. The van der Waals surface area contributed by atoms with Crippen LogP contribution in [0.2, 0.25) is 15.1 Å². The van der Waals surface area contributed by atoms with Gasteiger partial charge in [-0.05, 0) is 35.9 Å². The van der Waals surface area contributed by atoms with E-state index in [-0.39, 0.29) is 11.3 Å². The molecular weight excluding hydrogens is 595 g/mol. The lowest BCUT2D eigenvalue weighted by molar-refractivity contribution is -0.117. The zero-order chi connectivity index (χ0) is 27.1. The molecule has 2 unspecified atom stereocenters. The maximum Gasteiger partial charge on any atom is 0.290 e. The smallest absolute Gasteiger partial charge is 0.290 e. The first kappa shape index (κ1) is 27.9. The number of alkyl halides is 4. The molecule has 1 fully saturated rings. The van der Waals surface area contributed by atoms with Crippen LogP contribution in [-0.2, 0) is 10.7 Å². The first-order valence-electron chi connectivity index (χ1n) is 10.7. The quantitative estimate of drug-likeness (QED) is 0.268. The number of carbonyl (C=O) groups is 2. The molecule has 194 valence electrons. The Balaban J connectivity index is 1.50. The van der Waals surface area contributed by atoms with Gasteiger partial charge in [0.05, 0.1) is 23.0 Å². The highest BCUT2D eigenvalue weighted by Crippen LogP contribution is 2.65. The van der Waals surface area contributed by atoms with Gasteiger partial charge in [-0.25, -0.2) is 4.39 Å². The van der Waals surface area contributed by atoms with Crippen LogP contribution in [0.4, 0.5) is 18.9 Å². The lowest BCUT2D eigenvalue weighted by Gasteiger charge is -2.18. The predicted molar refractivity (Wildman–Crippen MR) is 140 cm³/mol. The Morgan fingerprint density at radius 1 is 0.946 bits per heavy atom. The molecule has 0 spiro atoms. The largest absolute Gasteiger partial charge is 0.346 e. The number of benzene rings is 3. The third-order valence-corrected chi connectivity index (χ3v) is 7.55. The molecule has 4 rings (SSSR count). The van der Waals surface area contributed by atoms with Crippen molar-refractivity contribution in [3.05, 3.63) is 98.2 Å². The topological polar surface area (TPSA) is 58.2 Å². The number of hydrogen-bond acceptors (Lipinski definition) is 2. The summed E-state index contributed by atoms with van der Waals surface area (Å²) >= 11 is 30.6. The van der Waals surface area contributed by atoms with Crippen molar-refractivity contribution in [3.8, 4) is 0 Å². The summed E-state index contributed by atoms with van der Waals surface area (Å²) in [6, 6.07) is 13.5. The molecule has 0 aliphatic heterocycles. The Morgan fingerprint density at radius 3 is 2.19 bits per heavy atom. The van der Waals surface area contributed by atoms with E-state index in [1.165, 1.54) is 30.3 Å². The Bertz CT molecular complexity index is 1350. The lowest BCUT2D eigenvalue weighted by Crippen LogP contribution is -2.35. The molecule has 2 atom stereocenters. The van der Waals surface area contributed by atoms with Gasteiger partial charge in [-0.3, -0.25) is 9.59 Å². The third-order valence-electron chi connectivity index (χ3n) is 5.79. The molecule has 37 heavy (non-hydrogen) atoms. The second-order valence-corrected chi connectivity index (χ2v) is 11.1. The van der Waals surface area contributed by atoms with E-state index in [2.05, 4.69) is 10.6 Å². The van der Waals surface area contributed by atoms with Gasteiger partial charge < -0.3 is 10.6 Å². The highest BCUT2D eigenvalue weighted by Gasteiger charge is 2.67. The fraction of sp³-hybridized carbons (Fsp3) is 0.200. The van der Waals surface area contributed by atoms with E-state index in [0.29, 0.717) is 15.6 Å². The molecule has 0 radical (unpaired) electrons. The van der Waals surface area contributed by atoms with Crippen LogP contribution in [0.25, 0.3) is 0 Å². The fourth-order valence-electron chi connectivity index (χ4n) is 3.94. The van der Waals surface area contributed by atoms with Crippen LogP contribution in [0.1, 0.15) is 27.4 Å². The number of hydrogen-bond donors (Lipinski definition) is 2. The number of nitrogens with one attached hydrogen (secondary N) is 2. The molecule has 12 heteroatoms. The van der Waals surface area contributed by atoms with Crippen molar-refractivity contribution in [3.63, 3.8) is 0 Å². The second-order valence-electron chi connectivity index (χ2n) is 8.39. The van der Waals surface area contributed by atoms with Gasteiger partial charge in [-0.2, -0.15) is 8.78 Å². The molecular formula is C25H16Cl5F3N2O2. The Labute approximate surface area is 235 Å². The van der Waals surface area contributed by atoms with Gasteiger partial charge in [-0.15, -0.1) is 23.2 Å². The molecule has 1 saturated carbocycles. The molecule has 0 saturated heterocycles. The van der Waals surface area contributed by atoms with E-state index < -0.39 is 56.9 Å². The molecule has 4 nitrogen and oxygen atoms in total. The Kier molecular flexibility index (Phi) is 7.94. The van der Waals surface area contributed by atoms with Gasteiger partial charge in [0.2, 0.25) is 5.91 Å². The monoisotopic (exact) mass is 608 g/mol. The minimum Gasteiger partial charge on any atom is -0.346 e. The molecule has 1 aliphatic rings. The summed E-state index contributed by atoms with van der Waals surface area (Å²) in [5.74, 6) is -7.77. The lowest BCUT2D eigenvalue weighted by atomic mass is 10.1. The normalized spacial score (nSPS) is 18.3. The Morgan fingerprint density at radius 2 is 1.57 bits per heavy atom. The fourth-order valence-corrected chi connectivity index (χ4v) is 5.51. The molecule has 2 amide bonds. The van der Waals surface area contributed by atoms with E-state index in [0.717, 1.165) is 12.1 Å². The minimum atomic E-state index is -3.39. The maximum absolute atomic E-state index is 14.5. The van der Waals surface area contributed by atoms with Gasteiger partial charge in [-0.1, -0.05) is 65.1 Å². The average Bonchev–Trinajstić information content (AvgIpc) is 3.41. The molecule has 3 aromatic rings. The first-order chi connectivity index (χ1) is 17.3.